The molecule has 1 aromatic carbocycles. The lowest BCUT2D eigenvalue weighted by atomic mass is 10.2. The van der Waals surface area contributed by atoms with E-state index in [1.54, 1.807) is 26.2 Å². The Balaban J connectivity index is 3.22. The van der Waals surface area contributed by atoms with Crippen molar-refractivity contribution in [1.82, 2.24) is 9.62 Å². The predicted molar refractivity (Wildman–Crippen MR) is 64.7 cm³/mol. The third kappa shape index (κ3) is 2.61. The van der Waals surface area contributed by atoms with Gasteiger partial charge < -0.3 is 5.32 Å². The topological polar surface area (TPSA) is 49.4 Å². The highest BCUT2D eigenvalue weighted by Gasteiger charge is 2.21. The highest BCUT2D eigenvalue weighted by Crippen LogP contribution is 2.18. The van der Waals surface area contributed by atoms with Crippen molar-refractivity contribution in [1.29, 1.82) is 0 Å². The minimum absolute atomic E-state index is 0.383. The molecule has 1 rings (SSSR count). The minimum atomic E-state index is -3.35. The molecular weight excluding hydrogens is 224 g/mol. The summed E-state index contributed by atoms with van der Waals surface area (Å²) in [6, 6.07) is 7.06. The Bertz CT molecular complexity index is 443. The number of benzene rings is 1. The van der Waals surface area contributed by atoms with Gasteiger partial charge in [0.2, 0.25) is 10.0 Å². The van der Waals surface area contributed by atoms with Crippen molar-refractivity contribution in [2.75, 3.05) is 20.6 Å². The fourth-order valence-corrected chi connectivity index (χ4v) is 2.83. The summed E-state index contributed by atoms with van der Waals surface area (Å²) in [5.41, 5.74) is 0.797. The molecule has 0 atom stereocenters. The molecule has 0 saturated carbocycles. The summed E-state index contributed by atoms with van der Waals surface area (Å²) in [5.74, 6) is 0. The Labute approximate surface area is 97.3 Å². The Kier molecular flexibility index (Phi) is 4.46. The largest absolute Gasteiger partial charge is 0.316 e. The Morgan fingerprint density at radius 1 is 1.31 bits per heavy atom. The molecule has 0 bridgehead atoms. The first-order chi connectivity index (χ1) is 7.54. The van der Waals surface area contributed by atoms with Gasteiger partial charge in [-0.25, -0.2) is 12.7 Å². The molecule has 0 saturated heterocycles. The fraction of sp³-hybridized carbons (Fsp3) is 0.455. The van der Waals surface area contributed by atoms with E-state index in [4.69, 9.17) is 0 Å². The second-order valence-electron chi connectivity index (χ2n) is 3.56. The van der Waals surface area contributed by atoms with Crippen molar-refractivity contribution in [3.05, 3.63) is 29.8 Å². The van der Waals surface area contributed by atoms with E-state index < -0.39 is 10.0 Å². The summed E-state index contributed by atoms with van der Waals surface area (Å²) >= 11 is 0. The number of hydrogen-bond donors (Lipinski definition) is 1. The second-order valence-corrected chi connectivity index (χ2v) is 5.57. The van der Waals surface area contributed by atoms with Gasteiger partial charge >= 0.3 is 0 Å². The van der Waals surface area contributed by atoms with Gasteiger partial charge in [-0.05, 0) is 18.7 Å². The molecule has 1 N–H and O–H groups in total. The predicted octanol–water partition coefficient (Wildman–Crippen LogP) is 1.05. The summed E-state index contributed by atoms with van der Waals surface area (Å²) in [7, 11) is 0.0388. The van der Waals surface area contributed by atoms with Crippen LogP contribution in [0.3, 0.4) is 0 Å². The molecule has 4 nitrogen and oxygen atoms in total. The summed E-state index contributed by atoms with van der Waals surface area (Å²) < 4.78 is 25.7. The lowest BCUT2D eigenvalue weighted by Crippen LogP contribution is -2.28. The van der Waals surface area contributed by atoms with Crippen molar-refractivity contribution >= 4 is 10.0 Å². The van der Waals surface area contributed by atoms with Gasteiger partial charge in [-0.15, -0.1) is 0 Å². The van der Waals surface area contributed by atoms with Crippen molar-refractivity contribution in [3.63, 3.8) is 0 Å². The smallest absolute Gasteiger partial charge is 0.243 e. The van der Waals surface area contributed by atoms with Crippen LogP contribution < -0.4 is 5.32 Å². The highest BCUT2D eigenvalue weighted by atomic mass is 32.2. The van der Waals surface area contributed by atoms with Crippen LogP contribution >= 0.6 is 0 Å². The molecule has 0 amide bonds. The van der Waals surface area contributed by atoms with E-state index in [0.29, 0.717) is 18.0 Å². The zero-order chi connectivity index (χ0) is 12.2. The van der Waals surface area contributed by atoms with Gasteiger partial charge in [0.25, 0.3) is 0 Å². The molecule has 16 heavy (non-hydrogen) atoms. The van der Waals surface area contributed by atoms with Crippen LogP contribution in [0, 0.1) is 0 Å². The molecule has 0 heterocycles. The molecule has 0 aliphatic rings. The van der Waals surface area contributed by atoms with Gasteiger partial charge in [-0.3, -0.25) is 0 Å². The molecule has 0 fully saturated rings. The van der Waals surface area contributed by atoms with Crippen molar-refractivity contribution < 1.29 is 8.42 Å². The van der Waals surface area contributed by atoms with E-state index in [-0.39, 0.29) is 0 Å². The van der Waals surface area contributed by atoms with E-state index in [2.05, 4.69) is 5.32 Å². The lowest BCUT2D eigenvalue weighted by molar-refractivity contribution is 0.485. The lowest BCUT2D eigenvalue weighted by Gasteiger charge is -2.17. The summed E-state index contributed by atoms with van der Waals surface area (Å²) in [4.78, 5) is 0.383. The van der Waals surface area contributed by atoms with Crippen LogP contribution in [0.1, 0.15) is 12.5 Å². The van der Waals surface area contributed by atoms with Crippen LogP contribution in [0.5, 0.6) is 0 Å². The maximum atomic E-state index is 12.2. The molecular formula is C11H18N2O2S. The summed E-state index contributed by atoms with van der Waals surface area (Å²) in [5, 5.41) is 2.97. The van der Waals surface area contributed by atoms with Crippen LogP contribution in [-0.4, -0.2) is 33.4 Å². The quantitative estimate of drug-likeness (QED) is 0.839. The first-order valence-electron chi connectivity index (χ1n) is 5.23. The molecule has 0 spiro atoms. The molecule has 0 radical (unpaired) electrons. The number of rotatable bonds is 5. The number of hydrogen-bond acceptors (Lipinski definition) is 3. The monoisotopic (exact) mass is 242 g/mol. The summed E-state index contributed by atoms with van der Waals surface area (Å²) in [6.45, 7) is 2.83. The van der Waals surface area contributed by atoms with Crippen LogP contribution in [0.2, 0.25) is 0 Å². The van der Waals surface area contributed by atoms with Crippen LogP contribution in [-0.2, 0) is 16.6 Å². The van der Waals surface area contributed by atoms with Crippen molar-refractivity contribution in [2.24, 2.45) is 0 Å². The van der Waals surface area contributed by atoms with Crippen molar-refractivity contribution in [3.8, 4) is 0 Å². The van der Waals surface area contributed by atoms with Crippen LogP contribution in [0.4, 0.5) is 0 Å². The van der Waals surface area contributed by atoms with E-state index in [9.17, 15) is 8.42 Å². The zero-order valence-corrected chi connectivity index (χ0v) is 10.7. The summed E-state index contributed by atoms with van der Waals surface area (Å²) in [6.07, 6.45) is 0. The van der Waals surface area contributed by atoms with Gasteiger partial charge in [-0.1, -0.05) is 25.1 Å². The van der Waals surface area contributed by atoms with Gasteiger partial charge in [0.1, 0.15) is 0 Å². The fourth-order valence-electron chi connectivity index (χ4n) is 1.43. The second kappa shape index (κ2) is 5.43. The van der Waals surface area contributed by atoms with E-state index in [0.717, 1.165) is 5.56 Å². The zero-order valence-electron chi connectivity index (χ0n) is 9.90. The third-order valence-corrected chi connectivity index (χ3v) is 4.51. The SMILES string of the molecule is CCN(C)S(=O)(=O)c1ccccc1CNC. The maximum absolute atomic E-state index is 12.2. The average Bonchev–Trinajstić information content (AvgIpc) is 2.29. The van der Waals surface area contributed by atoms with Gasteiger partial charge in [0.05, 0.1) is 4.90 Å². The molecule has 0 aliphatic heterocycles. The Morgan fingerprint density at radius 2 is 1.94 bits per heavy atom. The molecule has 5 heteroatoms. The molecule has 1 aromatic rings. The molecule has 0 unspecified atom stereocenters. The maximum Gasteiger partial charge on any atom is 0.243 e. The Morgan fingerprint density at radius 3 is 2.50 bits per heavy atom. The first-order valence-corrected chi connectivity index (χ1v) is 6.67. The van der Waals surface area contributed by atoms with Crippen molar-refractivity contribution in [2.45, 2.75) is 18.4 Å². The number of sulfonamides is 1. The van der Waals surface area contributed by atoms with Crippen LogP contribution in [0.25, 0.3) is 0 Å². The van der Waals surface area contributed by atoms with Crippen LogP contribution in [0.15, 0.2) is 29.2 Å². The number of nitrogens with one attached hydrogen (secondary N) is 1. The van der Waals surface area contributed by atoms with E-state index in [1.807, 2.05) is 19.1 Å². The van der Waals surface area contributed by atoms with Gasteiger partial charge in [-0.2, -0.15) is 0 Å². The van der Waals surface area contributed by atoms with Gasteiger partial charge in [0.15, 0.2) is 0 Å². The first kappa shape index (κ1) is 13.2. The third-order valence-electron chi connectivity index (χ3n) is 2.47. The average molecular weight is 242 g/mol. The number of nitrogens with zero attached hydrogens (tertiary/aromatic N) is 1. The molecule has 90 valence electrons. The normalized spacial score (nSPS) is 12.0. The molecule has 0 aromatic heterocycles. The van der Waals surface area contributed by atoms with E-state index >= 15 is 0 Å². The Hall–Kier alpha value is -0.910. The minimum Gasteiger partial charge on any atom is -0.316 e. The highest BCUT2D eigenvalue weighted by molar-refractivity contribution is 7.89. The standard InChI is InChI=1S/C11H18N2O2S/c1-4-13(3)16(14,15)11-8-6-5-7-10(11)9-12-2/h5-8,12H,4,9H2,1-3H3. The van der Waals surface area contributed by atoms with Gasteiger partial charge in [0, 0.05) is 20.1 Å². The van der Waals surface area contributed by atoms with E-state index in [1.165, 1.54) is 4.31 Å². The molecule has 0 aliphatic carbocycles.